The second-order valence-electron chi connectivity index (χ2n) is 7.13. The van der Waals surface area contributed by atoms with E-state index in [2.05, 4.69) is 20.5 Å². The maximum Gasteiger partial charge on any atom is 0.267 e. The van der Waals surface area contributed by atoms with Gasteiger partial charge in [0.2, 0.25) is 0 Å². The van der Waals surface area contributed by atoms with Crippen LogP contribution in [0.1, 0.15) is 48.1 Å². The Morgan fingerprint density at radius 1 is 1.19 bits per heavy atom. The topological polar surface area (TPSA) is 77.6 Å². The molecule has 0 unspecified atom stereocenters. The molecule has 8 heteroatoms. The third-order valence-corrected chi connectivity index (χ3v) is 5.89. The fraction of sp³-hybridized carbons (Fsp3) is 0.474. The monoisotopic (exact) mass is 384 g/mol. The number of aromatic nitrogens is 5. The lowest BCUT2D eigenvalue weighted by molar-refractivity contribution is 0.268. The van der Waals surface area contributed by atoms with Crippen molar-refractivity contribution in [2.45, 2.75) is 58.2 Å². The maximum atomic E-state index is 12.4. The van der Waals surface area contributed by atoms with Crippen LogP contribution in [0.5, 0.6) is 0 Å². The van der Waals surface area contributed by atoms with E-state index in [1.165, 1.54) is 0 Å². The SMILES string of the molecule is Cc1cc(C)n(-c2ccc(=O)n(C3CCC(NCc4nccs4)CC3)n2)n1. The summed E-state index contributed by atoms with van der Waals surface area (Å²) in [5.74, 6) is 0.698. The standard InChI is InChI=1S/C19H24N6OS/c1-13-11-14(2)24(22-13)17-7-8-19(26)25(23-17)16-5-3-15(4-6-16)21-12-18-20-9-10-27-18/h7-11,15-16,21H,3-6,12H2,1-2H3. The van der Waals surface area contributed by atoms with E-state index in [9.17, 15) is 4.79 Å². The highest BCUT2D eigenvalue weighted by Gasteiger charge is 2.24. The van der Waals surface area contributed by atoms with Crippen LogP contribution < -0.4 is 10.9 Å². The third-order valence-electron chi connectivity index (χ3n) is 5.11. The van der Waals surface area contributed by atoms with E-state index in [0.717, 1.165) is 48.6 Å². The normalized spacial score (nSPS) is 20.1. The third kappa shape index (κ3) is 4.01. The predicted molar refractivity (Wildman–Crippen MR) is 105 cm³/mol. The van der Waals surface area contributed by atoms with Crippen LogP contribution in [0.4, 0.5) is 0 Å². The summed E-state index contributed by atoms with van der Waals surface area (Å²) in [5, 5.41) is 15.8. The van der Waals surface area contributed by atoms with E-state index in [4.69, 9.17) is 0 Å². The molecule has 0 radical (unpaired) electrons. The molecule has 0 aliphatic heterocycles. The Labute approximate surface area is 162 Å². The molecule has 1 aliphatic carbocycles. The van der Waals surface area contributed by atoms with Gasteiger partial charge in [-0.05, 0) is 51.7 Å². The average molecular weight is 385 g/mol. The summed E-state index contributed by atoms with van der Waals surface area (Å²) < 4.78 is 3.45. The molecule has 0 aromatic carbocycles. The van der Waals surface area contributed by atoms with Crippen LogP contribution >= 0.6 is 11.3 Å². The van der Waals surface area contributed by atoms with Crippen molar-refractivity contribution in [3.05, 3.63) is 56.5 Å². The molecule has 3 aromatic rings. The van der Waals surface area contributed by atoms with Gasteiger partial charge in [0.1, 0.15) is 5.01 Å². The van der Waals surface area contributed by atoms with Crippen LogP contribution in [0.3, 0.4) is 0 Å². The molecule has 27 heavy (non-hydrogen) atoms. The van der Waals surface area contributed by atoms with Crippen molar-refractivity contribution >= 4 is 11.3 Å². The summed E-state index contributed by atoms with van der Waals surface area (Å²) >= 11 is 1.68. The quantitative estimate of drug-likeness (QED) is 0.732. The van der Waals surface area contributed by atoms with Crippen LogP contribution in [0.25, 0.3) is 5.82 Å². The fourth-order valence-corrected chi connectivity index (χ4v) is 4.31. The fourth-order valence-electron chi connectivity index (χ4n) is 3.75. The molecule has 0 saturated heterocycles. The van der Waals surface area contributed by atoms with Crippen LogP contribution in [0.15, 0.2) is 34.6 Å². The van der Waals surface area contributed by atoms with Gasteiger partial charge in [-0.25, -0.2) is 14.3 Å². The van der Waals surface area contributed by atoms with Crippen LogP contribution in [-0.2, 0) is 6.54 Å². The van der Waals surface area contributed by atoms with Gasteiger partial charge in [0.05, 0.1) is 11.7 Å². The first-order chi connectivity index (χ1) is 13.1. The van der Waals surface area contributed by atoms with E-state index in [1.54, 1.807) is 32.8 Å². The first-order valence-corrected chi connectivity index (χ1v) is 10.2. The average Bonchev–Trinajstić information content (AvgIpc) is 3.30. The van der Waals surface area contributed by atoms with Gasteiger partial charge in [-0.15, -0.1) is 16.4 Å². The van der Waals surface area contributed by atoms with E-state index >= 15 is 0 Å². The molecule has 3 aromatic heterocycles. The first-order valence-electron chi connectivity index (χ1n) is 9.35. The summed E-state index contributed by atoms with van der Waals surface area (Å²) in [7, 11) is 0. The van der Waals surface area contributed by atoms with Gasteiger partial charge in [-0.1, -0.05) is 0 Å². The zero-order valence-corrected chi connectivity index (χ0v) is 16.4. The second-order valence-corrected chi connectivity index (χ2v) is 8.10. The predicted octanol–water partition coefficient (Wildman–Crippen LogP) is 2.78. The number of hydrogen-bond acceptors (Lipinski definition) is 6. The number of nitrogens with one attached hydrogen (secondary N) is 1. The number of nitrogens with zero attached hydrogens (tertiary/aromatic N) is 5. The van der Waals surface area contributed by atoms with E-state index in [0.29, 0.717) is 11.9 Å². The van der Waals surface area contributed by atoms with Gasteiger partial charge in [-0.2, -0.15) is 5.10 Å². The highest BCUT2D eigenvalue weighted by atomic mass is 32.1. The lowest BCUT2D eigenvalue weighted by atomic mass is 9.91. The highest BCUT2D eigenvalue weighted by Crippen LogP contribution is 2.27. The maximum absolute atomic E-state index is 12.4. The molecule has 4 rings (SSSR count). The Morgan fingerprint density at radius 3 is 2.67 bits per heavy atom. The van der Waals surface area contributed by atoms with Crippen molar-refractivity contribution < 1.29 is 0 Å². The van der Waals surface area contributed by atoms with Gasteiger partial charge < -0.3 is 5.32 Å². The zero-order valence-electron chi connectivity index (χ0n) is 15.6. The molecule has 0 spiro atoms. The molecular formula is C19H24N6OS. The van der Waals surface area contributed by atoms with Crippen molar-refractivity contribution in [2.24, 2.45) is 0 Å². The van der Waals surface area contributed by atoms with Gasteiger partial charge in [0.15, 0.2) is 5.82 Å². The first kappa shape index (κ1) is 18.1. The molecular weight excluding hydrogens is 360 g/mol. The Bertz CT molecular complexity index is 953. The molecule has 0 amide bonds. The molecule has 1 fully saturated rings. The molecule has 0 atom stereocenters. The molecule has 142 valence electrons. The van der Waals surface area contributed by atoms with Crippen LogP contribution in [0, 0.1) is 13.8 Å². The van der Waals surface area contributed by atoms with Crippen molar-refractivity contribution in [3.8, 4) is 5.82 Å². The van der Waals surface area contributed by atoms with Gasteiger partial charge in [0.25, 0.3) is 5.56 Å². The second kappa shape index (κ2) is 7.74. The minimum atomic E-state index is -0.0422. The number of hydrogen-bond donors (Lipinski definition) is 1. The molecule has 1 aliphatic rings. The van der Waals surface area contributed by atoms with E-state index < -0.39 is 0 Å². The van der Waals surface area contributed by atoms with E-state index in [1.807, 2.05) is 31.5 Å². The van der Waals surface area contributed by atoms with Crippen molar-refractivity contribution in [2.75, 3.05) is 0 Å². The van der Waals surface area contributed by atoms with Gasteiger partial charge in [-0.3, -0.25) is 4.79 Å². The summed E-state index contributed by atoms with van der Waals surface area (Å²) in [6.07, 6.45) is 5.81. The Kier molecular flexibility index (Phi) is 5.18. The minimum Gasteiger partial charge on any atom is -0.308 e. The number of thiazole rings is 1. The number of aryl methyl sites for hydroxylation is 2. The molecule has 7 nitrogen and oxygen atoms in total. The lowest BCUT2D eigenvalue weighted by Gasteiger charge is -2.29. The zero-order chi connectivity index (χ0) is 18.8. The minimum absolute atomic E-state index is 0.0422. The summed E-state index contributed by atoms with van der Waals surface area (Å²) in [5.41, 5.74) is 1.92. The van der Waals surface area contributed by atoms with Crippen molar-refractivity contribution in [3.63, 3.8) is 0 Å². The Hall–Kier alpha value is -2.32. The smallest absolute Gasteiger partial charge is 0.267 e. The van der Waals surface area contributed by atoms with Crippen molar-refractivity contribution in [1.82, 2.24) is 29.9 Å². The number of rotatable bonds is 5. The van der Waals surface area contributed by atoms with Gasteiger partial charge in [0, 0.05) is 35.9 Å². The molecule has 0 bridgehead atoms. The summed E-state index contributed by atoms with van der Waals surface area (Å²) in [4.78, 5) is 16.7. The Balaban J connectivity index is 1.44. The molecule has 1 N–H and O–H groups in total. The van der Waals surface area contributed by atoms with Gasteiger partial charge >= 0.3 is 0 Å². The largest absolute Gasteiger partial charge is 0.308 e. The summed E-state index contributed by atoms with van der Waals surface area (Å²) in [6.45, 7) is 4.77. The van der Waals surface area contributed by atoms with Crippen LogP contribution in [0.2, 0.25) is 0 Å². The van der Waals surface area contributed by atoms with Crippen LogP contribution in [-0.4, -0.2) is 30.6 Å². The lowest BCUT2D eigenvalue weighted by Crippen LogP contribution is -2.36. The van der Waals surface area contributed by atoms with E-state index in [-0.39, 0.29) is 11.6 Å². The molecule has 3 heterocycles. The van der Waals surface area contributed by atoms with Crippen molar-refractivity contribution in [1.29, 1.82) is 0 Å². The summed E-state index contributed by atoms with van der Waals surface area (Å²) in [6, 6.07) is 5.98. The Morgan fingerprint density at radius 2 is 2.00 bits per heavy atom. The molecule has 1 saturated carbocycles. The highest BCUT2D eigenvalue weighted by molar-refractivity contribution is 7.09.